The maximum absolute atomic E-state index is 12.4. The first-order valence-corrected chi connectivity index (χ1v) is 9.74. The topological polar surface area (TPSA) is 80.0 Å². The van der Waals surface area contributed by atoms with Gasteiger partial charge in [-0.15, -0.1) is 0 Å². The molecule has 6 nitrogen and oxygen atoms in total. The van der Waals surface area contributed by atoms with E-state index in [4.69, 9.17) is 4.52 Å². The predicted molar refractivity (Wildman–Crippen MR) is 104 cm³/mol. The van der Waals surface area contributed by atoms with Crippen molar-refractivity contribution in [3.05, 3.63) is 47.6 Å². The molecule has 2 aromatic heterocycles. The second-order valence-corrected chi connectivity index (χ2v) is 8.49. The van der Waals surface area contributed by atoms with Crippen LogP contribution >= 0.6 is 0 Å². The number of rotatable bonds is 6. The number of piperidine rings is 1. The second-order valence-electron chi connectivity index (χ2n) is 8.49. The highest BCUT2D eigenvalue weighted by Crippen LogP contribution is 2.28. The quantitative estimate of drug-likeness (QED) is 0.817. The molecule has 0 radical (unpaired) electrons. The van der Waals surface area contributed by atoms with Crippen molar-refractivity contribution in [3.63, 3.8) is 0 Å². The van der Waals surface area contributed by atoms with Gasteiger partial charge in [0.15, 0.2) is 0 Å². The van der Waals surface area contributed by atoms with Crippen LogP contribution in [0.1, 0.15) is 50.6 Å². The van der Waals surface area contributed by atoms with E-state index in [-0.39, 0.29) is 11.3 Å². The number of carbonyl (C=O) groups excluding carboxylic acids is 1. The Morgan fingerprint density at radius 1 is 1.37 bits per heavy atom. The van der Waals surface area contributed by atoms with Crippen molar-refractivity contribution >= 4 is 5.91 Å². The lowest BCUT2D eigenvalue weighted by atomic mass is 9.81. The van der Waals surface area contributed by atoms with Gasteiger partial charge in [0.1, 0.15) is 5.76 Å². The molecular weight excluding hydrogens is 340 g/mol. The van der Waals surface area contributed by atoms with Crippen molar-refractivity contribution in [3.8, 4) is 0 Å². The van der Waals surface area contributed by atoms with Gasteiger partial charge in [0, 0.05) is 36.8 Å². The van der Waals surface area contributed by atoms with Gasteiger partial charge in [0.25, 0.3) is 0 Å². The Labute approximate surface area is 161 Å². The summed E-state index contributed by atoms with van der Waals surface area (Å²) in [4.78, 5) is 16.5. The summed E-state index contributed by atoms with van der Waals surface area (Å²) in [6, 6.07) is 5.92. The van der Waals surface area contributed by atoms with E-state index in [0.717, 1.165) is 42.9 Å². The van der Waals surface area contributed by atoms with Gasteiger partial charge in [0.2, 0.25) is 5.91 Å². The molecule has 146 valence electrons. The molecule has 1 aliphatic rings. The molecule has 0 spiro atoms. The molecule has 2 atom stereocenters. The van der Waals surface area contributed by atoms with Crippen LogP contribution in [0.5, 0.6) is 0 Å². The van der Waals surface area contributed by atoms with Gasteiger partial charge in [-0.3, -0.25) is 9.78 Å². The summed E-state index contributed by atoms with van der Waals surface area (Å²) in [5, 5.41) is 10.7. The second kappa shape index (κ2) is 8.65. The third-order valence-electron chi connectivity index (χ3n) is 5.19. The maximum Gasteiger partial charge on any atom is 0.220 e. The molecule has 3 rings (SSSR count). The minimum atomic E-state index is -0.0400. The number of amides is 1. The predicted octanol–water partition coefficient (Wildman–Crippen LogP) is 2.84. The monoisotopic (exact) mass is 370 g/mol. The first-order chi connectivity index (χ1) is 12.9. The molecule has 1 saturated heterocycles. The smallest absolute Gasteiger partial charge is 0.220 e. The molecule has 0 bridgehead atoms. The average Bonchev–Trinajstić information content (AvgIpc) is 3.12. The van der Waals surface area contributed by atoms with Crippen LogP contribution in [0, 0.1) is 11.8 Å². The lowest BCUT2D eigenvalue weighted by molar-refractivity contribution is -0.122. The van der Waals surface area contributed by atoms with Crippen molar-refractivity contribution in [1.29, 1.82) is 0 Å². The van der Waals surface area contributed by atoms with Crippen LogP contribution in [-0.2, 0) is 23.2 Å². The van der Waals surface area contributed by atoms with Crippen molar-refractivity contribution in [2.45, 2.75) is 52.0 Å². The van der Waals surface area contributed by atoms with Crippen LogP contribution in [0.2, 0.25) is 0 Å². The molecule has 0 unspecified atom stereocenters. The van der Waals surface area contributed by atoms with Crippen LogP contribution in [0.15, 0.2) is 35.1 Å². The Kier molecular flexibility index (Phi) is 6.26. The zero-order chi connectivity index (χ0) is 19.3. The van der Waals surface area contributed by atoms with Gasteiger partial charge >= 0.3 is 0 Å². The number of pyridine rings is 1. The van der Waals surface area contributed by atoms with Crippen molar-refractivity contribution in [2.24, 2.45) is 11.8 Å². The highest BCUT2D eigenvalue weighted by molar-refractivity contribution is 5.76. The Morgan fingerprint density at radius 2 is 2.22 bits per heavy atom. The first kappa shape index (κ1) is 19.5. The Balaban J connectivity index is 1.55. The molecule has 2 N–H and O–H groups in total. The van der Waals surface area contributed by atoms with Gasteiger partial charge in [-0.25, -0.2) is 0 Å². The van der Waals surface area contributed by atoms with E-state index < -0.39 is 0 Å². The summed E-state index contributed by atoms with van der Waals surface area (Å²) in [5.41, 5.74) is 1.96. The molecule has 0 saturated carbocycles. The van der Waals surface area contributed by atoms with Gasteiger partial charge in [-0.2, -0.15) is 0 Å². The summed E-state index contributed by atoms with van der Waals surface area (Å²) in [6.45, 7) is 8.76. The lowest BCUT2D eigenvalue weighted by Crippen LogP contribution is -2.40. The molecule has 27 heavy (non-hydrogen) atoms. The Hall–Kier alpha value is -2.21. The maximum atomic E-state index is 12.4. The Bertz CT molecular complexity index is 736. The van der Waals surface area contributed by atoms with E-state index in [1.54, 1.807) is 12.4 Å². The number of nitrogens with one attached hydrogen (secondary N) is 2. The third-order valence-corrected chi connectivity index (χ3v) is 5.19. The largest absolute Gasteiger partial charge is 0.361 e. The lowest BCUT2D eigenvalue weighted by Gasteiger charge is -2.31. The summed E-state index contributed by atoms with van der Waals surface area (Å²) < 4.78 is 5.52. The molecule has 1 amide bonds. The molecule has 0 aliphatic carbocycles. The normalized spacial score (nSPS) is 20.4. The van der Waals surface area contributed by atoms with E-state index >= 15 is 0 Å². The summed E-state index contributed by atoms with van der Waals surface area (Å²) in [5.74, 6) is 1.76. The van der Waals surface area contributed by atoms with Crippen LogP contribution in [-0.4, -0.2) is 29.1 Å². The molecule has 1 aliphatic heterocycles. The van der Waals surface area contributed by atoms with Gasteiger partial charge < -0.3 is 15.2 Å². The summed E-state index contributed by atoms with van der Waals surface area (Å²) in [6.07, 6.45) is 5.92. The zero-order valence-electron chi connectivity index (χ0n) is 16.5. The molecule has 2 aromatic rings. The minimum absolute atomic E-state index is 0.0400. The number of hydrogen-bond donors (Lipinski definition) is 2. The van der Waals surface area contributed by atoms with E-state index in [1.807, 2.05) is 12.1 Å². The average molecular weight is 370 g/mol. The highest BCUT2D eigenvalue weighted by atomic mass is 16.5. The van der Waals surface area contributed by atoms with Gasteiger partial charge in [0.05, 0.1) is 5.69 Å². The van der Waals surface area contributed by atoms with E-state index in [2.05, 4.69) is 47.6 Å². The van der Waals surface area contributed by atoms with Crippen LogP contribution in [0.25, 0.3) is 0 Å². The fourth-order valence-corrected chi connectivity index (χ4v) is 3.53. The number of nitrogens with zero attached hydrogens (tertiary/aromatic N) is 2. The van der Waals surface area contributed by atoms with E-state index in [9.17, 15) is 4.79 Å². The number of aromatic nitrogens is 2. The summed E-state index contributed by atoms with van der Waals surface area (Å²) in [7, 11) is 0. The standard InChI is InChI=1S/C21H30N4O2/c1-21(2,3)19-11-18(25-27-19)9-17-14-23-8-6-16(17)10-20(26)24-13-15-5-4-7-22-12-15/h4-5,7,11-12,16-17,23H,6,8-10,13-14H2,1-3H3,(H,24,26)/t16-,17-/m0/s1. The SMILES string of the molecule is CC(C)(C)c1cc(C[C@H]2CNCC[C@H]2CC(=O)NCc2cccnc2)no1. The number of carbonyl (C=O) groups is 1. The van der Waals surface area contributed by atoms with Crippen molar-refractivity contribution in [2.75, 3.05) is 13.1 Å². The summed E-state index contributed by atoms with van der Waals surface area (Å²) >= 11 is 0. The highest BCUT2D eigenvalue weighted by Gasteiger charge is 2.29. The minimum Gasteiger partial charge on any atom is -0.361 e. The first-order valence-electron chi connectivity index (χ1n) is 9.74. The van der Waals surface area contributed by atoms with E-state index in [0.29, 0.717) is 24.8 Å². The molecule has 0 aromatic carbocycles. The molecule has 1 fully saturated rings. The molecule has 3 heterocycles. The van der Waals surface area contributed by atoms with Gasteiger partial charge in [-0.1, -0.05) is 32.0 Å². The fourth-order valence-electron chi connectivity index (χ4n) is 3.53. The van der Waals surface area contributed by atoms with Crippen molar-refractivity contribution < 1.29 is 9.32 Å². The molecular formula is C21H30N4O2. The van der Waals surface area contributed by atoms with Gasteiger partial charge in [-0.05, 0) is 49.4 Å². The van der Waals surface area contributed by atoms with Crippen LogP contribution in [0.3, 0.4) is 0 Å². The van der Waals surface area contributed by atoms with Crippen molar-refractivity contribution in [1.82, 2.24) is 20.8 Å². The van der Waals surface area contributed by atoms with E-state index in [1.165, 1.54) is 0 Å². The Morgan fingerprint density at radius 3 is 2.93 bits per heavy atom. The zero-order valence-corrected chi connectivity index (χ0v) is 16.5. The third kappa shape index (κ3) is 5.63. The van der Waals surface area contributed by atoms with Crippen LogP contribution in [0.4, 0.5) is 0 Å². The number of hydrogen-bond acceptors (Lipinski definition) is 5. The fraction of sp³-hybridized carbons (Fsp3) is 0.571. The van der Waals surface area contributed by atoms with Crippen LogP contribution < -0.4 is 10.6 Å². The molecule has 6 heteroatoms.